The van der Waals surface area contributed by atoms with Crippen LogP contribution in [-0.4, -0.2) is 18.7 Å². The lowest BCUT2D eigenvalue weighted by atomic mass is 10.2. The Morgan fingerprint density at radius 1 is 1.07 bits per heavy atom. The number of hydrazone groups is 1. The Hall–Kier alpha value is -3.31. The Kier molecular flexibility index (Phi) is 7.25. The zero-order valence-electron chi connectivity index (χ0n) is 16.1. The Morgan fingerprint density at radius 3 is 2.69 bits per heavy atom. The standard InChI is InChI=1S/C23H22ClN3O2/c1-17-21(24)11-6-12-22(17)25-15-23(28)27-26-14-19-9-5-10-20(13-19)29-16-18-7-3-2-4-8-18/h2-14,25H,15-16H2,1H3,(H,27,28)/b26-14+. The van der Waals surface area contributed by atoms with Gasteiger partial charge < -0.3 is 10.1 Å². The van der Waals surface area contributed by atoms with Gasteiger partial charge in [0.15, 0.2) is 0 Å². The molecule has 0 saturated heterocycles. The maximum absolute atomic E-state index is 12.0. The molecule has 6 heteroatoms. The molecule has 0 bridgehead atoms. The number of hydrogen-bond donors (Lipinski definition) is 2. The molecule has 0 aliphatic carbocycles. The lowest BCUT2D eigenvalue weighted by Crippen LogP contribution is -2.26. The van der Waals surface area contributed by atoms with Crippen LogP contribution in [0.15, 0.2) is 77.9 Å². The van der Waals surface area contributed by atoms with E-state index in [1.54, 1.807) is 6.21 Å². The van der Waals surface area contributed by atoms with Crippen molar-refractivity contribution in [3.8, 4) is 5.75 Å². The number of anilines is 1. The number of carbonyl (C=O) groups excluding carboxylic acids is 1. The van der Waals surface area contributed by atoms with Gasteiger partial charge in [0.1, 0.15) is 12.4 Å². The molecule has 29 heavy (non-hydrogen) atoms. The first-order valence-electron chi connectivity index (χ1n) is 9.19. The number of hydrogen-bond acceptors (Lipinski definition) is 4. The van der Waals surface area contributed by atoms with Gasteiger partial charge in [-0.15, -0.1) is 0 Å². The maximum Gasteiger partial charge on any atom is 0.259 e. The first-order valence-corrected chi connectivity index (χ1v) is 9.57. The fourth-order valence-corrected chi connectivity index (χ4v) is 2.79. The van der Waals surface area contributed by atoms with Gasteiger partial charge in [-0.1, -0.05) is 60.1 Å². The van der Waals surface area contributed by atoms with Gasteiger partial charge >= 0.3 is 0 Å². The highest BCUT2D eigenvalue weighted by molar-refractivity contribution is 6.31. The quantitative estimate of drug-likeness (QED) is 0.417. The van der Waals surface area contributed by atoms with Gasteiger partial charge in [-0.05, 0) is 47.9 Å². The van der Waals surface area contributed by atoms with E-state index in [1.165, 1.54) is 0 Å². The molecule has 3 rings (SSSR count). The summed E-state index contributed by atoms with van der Waals surface area (Å²) in [5, 5.41) is 7.72. The van der Waals surface area contributed by atoms with E-state index in [-0.39, 0.29) is 12.5 Å². The van der Waals surface area contributed by atoms with Gasteiger partial charge in [-0.3, -0.25) is 4.79 Å². The molecule has 0 aliphatic heterocycles. The summed E-state index contributed by atoms with van der Waals surface area (Å²) in [5.74, 6) is 0.485. The third kappa shape index (κ3) is 6.36. The van der Waals surface area contributed by atoms with Crippen LogP contribution >= 0.6 is 11.6 Å². The minimum absolute atomic E-state index is 0.0960. The van der Waals surface area contributed by atoms with Crippen LogP contribution in [0.25, 0.3) is 0 Å². The molecule has 1 amide bonds. The van der Waals surface area contributed by atoms with Crippen LogP contribution in [0.3, 0.4) is 0 Å². The van der Waals surface area contributed by atoms with E-state index < -0.39 is 0 Å². The van der Waals surface area contributed by atoms with Crippen molar-refractivity contribution in [2.45, 2.75) is 13.5 Å². The van der Waals surface area contributed by atoms with Crippen molar-refractivity contribution in [3.05, 3.63) is 94.5 Å². The number of carbonyl (C=O) groups is 1. The topological polar surface area (TPSA) is 62.7 Å². The second-order valence-corrected chi connectivity index (χ2v) is 6.81. The normalized spacial score (nSPS) is 10.7. The summed E-state index contributed by atoms with van der Waals surface area (Å²) < 4.78 is 5.80. The number of halogens is 1. The smallest absolute Gasteiger partial charge is 0.259 e. The number of rotatable bonds is 8. The van der Waals surface area contributed by atoms with E-state index in [0.29, 0.717) is 11.6 Å². The fraction of sp³-hybridized carbons (Fsp3) is 0.130. The molecular weight excluding hydrogens is 386 g/mol. The summed E-state index contributed by atoms with van der Waals surface area (Å²) in [4.78, 5) is 12.0. The first-order chi connectivity index (χ1) is 14.1. The average Bonchev–Trinajstić information content (AvgIpc) is 2.74. The third-order valence-electron chi connectivity index (χ3n) is 4.22. The molecule has 0 saturated carbocycles. The fourth-order valence-electron chi connectivity index (χ4n) is 2.62. The summed E-state index contributed by atoms with van der Waals surface area (Å²) in [5.41, 5.74) is 6.15. The highest BCUT2D eigenvalue weighted by Gasteiger charge is 2.04. The Labute approximate surface area is 175 Å². The van der Waals surface area contributed by atoms with Gasteiger partial charge in [0, 0.05) is 10.7 Å². The second-order valence-electron chi connectivity index (χ2n) is 6.41. The number of amides is 1. The van der Waals surface area contributed by atoms with Crippen molar-refractivity contribution in [2.75, 3.05) is 11.9 Å². The number of benzene rings is 3. The highest BCUT2D eigenvalue weighted by atomic mass is 35.5. The summed E-state index contributed by atoms with van der Waals surface area (Å²) in [7, 11) is 0. The summed E-state index contributed by atoms with van der Waals surface area (Å²) >= 11 is 6.08. The Balaban J connectivity index is 1.48. The van der Waals surface area contributed by atoms with Crippen LogP contribution < -0.4 is 15.5 Å². The van der Waals surface area contributed by atoms with Crippen LogP contribution in [0.2, 0.25) is 5.02 Å². The zero-order valence-corrected chi connectivity index (χ0v) is 16.8. The van der Waals surface area contributed by atoms with Gasteiger partial charge in [-0.25, -0.2) is 5.43 Å². The molecule has 0 spiro atoms. The number of nitrogens with one attached hydrogen (secondary N) is 2. The zero-order chi connectivity index (χ0) is 20.5. The molecule has 3 aromatic rings. The van der Waals surface area contributed by atoms with E-state index in [2.05, 4.69) is 15.8 Å². The minimum Gasteiger partial charge on any atom is -0.489 e. The highest BCUT2D eigenvalue weighted by Crippen LogP contribution is 2.22. The van der Waals surface area contributed by atoms with Crippen molar-refractivity contribution in [1.29, 1.82) is 0 Å². The number of ether oxygens (including phenoxy) is 1. The number of nitrogens with zero attached hydrogens (tertiary/aromatic N) is 1. The molecule has 0 heterocycles. The van der Waals surface area contributed by atoms with Crippen molar-refractivity contribution in [3.63, 3.8) is 0 Å². The lowest BCUT2D eigenvalue weighted by Gasteiger charge is -2.09. The van der Waals surface area contributed by atoms with E-state index in [1.807, 2.05) is 79.7 Å². The molecule has 0 aromatic heterocycles. The van der Waals surface area contributed by atoms with E-state index >= 15 is 0 Å². The van der Waals surface area contributed by atoms with E-state index in [0.717, 1.165) is 28.1 Å². The van der Waals surface area contributed by atoms with Gasteiger partial charge in [0.2, 0.25) is 0 Å². The van der Waals surface area contributed by atoms with Crippen molar-refractivity contribution in [2.24, 2.45) is 5.10 Å². The Morgan fingerprint density at radius 2 is 1.86 bits per heavy atom. The predicted molar refractivity (Wildman–Crippen MR) is 118 cm³/mol. The molecule has 0 fully saturated rings. The lowest BCUT2D eigenvalue weighted by molar-refractivity contribution is -0.119. The molecule has 3 aromatic carbocycles. The van der Waals surface area contributed by atoms with Crippen LogP contribution in [0.1, 0.15) is 16.7 Å². The molecule has 5 nitrogen and oxygen atoms in total. The van der Waals surface area contributed by atoms with Crippen molar-refractivity contribution < 1.29 is 9.53 Å². The minimum atomic E-state index is -0.253. The molecule has 0 radical (unpaired) electrons. The molecule has 0 aliphatic rings. The van der Waals surface area contributed by atoms with Crippen LogP contribution in [0, 0.1) is 6.92 Å². The van der Waals surface area contributed by atoms with E-state index in [4.69, 9.17) is 16.3 Å². The van der Waals surface area contributed by atoms with Crippen LogP contribution in [0.4, 0.5) is 5.69 Å². The second kappa shape index (κ2) is 10.3. The molecule has 2 N–H and O–H groups in total. The monoisotopic (exact) mass is 407 g/mol. The van der Waals surface area contributed by atoms with Gasteiger partial charge in [-0.2, -0.15) is 5.10 Å². The maximum atomic E-state index is 12.0. The van der Waals surface area contributed by atoms with Crippen LogP contribution in [-0.2, 0) is 11.4 Å². The predicted octanol–water partition coefficient (Wildman–Crippen LogP) is 4.79. The first kappa shape index (κ1) is 20.4. The largest absolute Gasteiger partial charge is 0.489 e. The Bertz CT molecular complexity index is 990. The van der Waals surface area contributed by atoms with Crippen molar-refractivity contribution >= 4 is 29.4 Å². The van der Waals surface area contributed by atoms with Crippen LogP contribution in [0.5, 0.6) is 5.75 Å². The SMILES string of the molecule is Cc1c(Cl)cccc1NCC(=O)N/N=C/c1cccc(OCc2ccccc2)c1. The summed E-state index contributed by atoms with van der Waals surface area (Å²) in [6.07, 6.45) is 1.58. The molecule has 0 unspecified atom stereocenters. The molecule has 0 atom stereocenters. The van der Waals surface area contributed by atoms with Crippen molar-refractivity contribution in [1.82, 2.24) is 5.43 Å². The van der Waals surface area contributed by atoms with E-state index in [9.17, 15) is 4.79 Å². The summed E-state index contributed by atoms with van der Waals surface area (Å²) in [6.45, 7) is 2.49. The third-order valence-corrected chi connectivity index (χ3v) is 4.63. The van der Waals surface area contributed by atoms with Gasteiger partial charge in [0.05, 0.1) is 12.8 Å². The molecule has 148 valence electrons. The van der Waals surface area contributed by atoms with Gasteiger partial charge in [0.25, 0.3) is 5.91 Å². The molecular formula is C23H22ClN3O2. The summed E-state index contributed by atoms with van der Waals surface area (Å²) in [6, 6.07) is 23.0. The average molecular weight is 408 g/mol.